The molecule has 0 saturated carbocycles. The molecule has 5 nitrogen and oxygen atoms in total. The van der Waals surface area contributed by atoms with Gasteiger partial charge in [-0.3, -0.25) is 9.69 Å². The van der Waals surface area contributed by atoms with Crippen LogP contribution < -0.4 is 10.1 Å². The Hall–Kier alpha value is -2.06. The molecule has 0 radical (unpaired) electrons. The van der Waals surface area contributed by atoms with Crippen LogP contribution in [0, 0.1) is 17.2 Å². The number of para-hydroxylation sites is 1. The summed E-state index contributed by atoms with van der Waals surface area (Å²) in [5.74, 6) is 0.677. The molecular weight excluding hydrogens is 290 g/mol. The van der Waals surface area contributed by atoms with E-state index in [1.807, 2.05) is 57.0 Å². The Balaban J connectivity index is 2.77. The number of hydrogen-bond acceptors (Lipinski definition) is 4. The van der Waals surface area contributed by atoms with Crippen molar-refractivity contribution in [2.24, 2.45) is 5.92 Å². The smallest absolute Gasteiger partial charge is 0.235 e. The number of ether oxygens (including phenoxy) is 1. The number of nitriles is 1. The fraction of sp³-hybridized carbons (Fsp3) is 0.556. The zero-order chi connectivity index (χ0) is 17.6. The number of likely N-dealkylation sites (N-methyl/N-ethyl adjacent to an activating group) is 1. The minimum Gasteiger partial charge on any atom is -0.496 e. The Morgan fingerprint density at radius 2 is 2.00 bits per heavy atom. The first-order valence-corrected chi connectivity index (χ1v) is 7.80. The highest BCUT2D eigenvalue weighted by Crippen LogP contribution is 2.27. The monoisotopic (exact) mass is 317 g/mol. The van der Waals surface area contributed by atoms with E-state index in [0.717, 1.165) is 11.3 Å². The molecule has 1 N–H and O–H groups in total. The minimum absolute atomic E-state index is 0.0179. The first-order chi connectivity index (χ1) is 10.7. The van der Waals surface area contributed by atoms with E-state index in [0.29, 0.717) is 0 Å². The van der Waals surface area contributed by atoms with Crippen molar-refractivity contribution in [1.29, 1.82) is 5.26 Å². The molecule has 0 unspecified atom stereocenters. The van der Waals surface area contributed by atoms with Gasteiger partial charge in [0.05, 0.1) is 19.7 Å². The van der Waals surface area contributed by atoms with Gasteiger partial charge in [0.1, 0.15) is 11.3 Å². The quantitative estimate of drug-likeness (QED) is 0.840. The highest BCUT2D eigenvalue weighted by Gasteiger charge is 2.30. The molecule has 0 heterocycles. The maximum Gasteiger partial charge on any atom is 0.235 e. The van der Waals surface area contributed by atoms with Crippen molar-refractivity contribution in [1.82, 2.24) is 10.2 Å². The van der Waals surface area contributed by atoms with Crippen molar-refractivity contribution in [3.63, 3.8) is 0 Å². The second-order valence-electron chi connectivity index (χ2n) is 6.35. The second kappa shape index (κ2) is 7.98. The first-order valence-electron chi connectivity index (χ1n) is 7.80. The number of carbonyl (C=O) groups excluding carboxylic acids is 1. The summed E-state index contributed by atoms with van der Waals surface area (Å²) in [7, 11) is 3.52. The predicted octanol–water partition coefficient (Wildman–Crippen LogP) is 2.74. The average Bonchev–Trinajstić information content (AvgIpc) is 2.53. The van der Waals surface area contributed by atoms with Gasteiger partial charge in [-0.2, -0.15) is 5.26 Å². The Bertz CT molecular complexity index is 580. The summed E-state index contributed by atoms with van der Waals surface area (Å²) >= 11 is 0. The van der Waals surface area contributed by atoms with Crippen molar-refractivity contribution in [2.75, 3.05) is 20.7 Å². The van der Waals surface area contributed by atoms with Gasteiger partial charge in [-0.05, 0) is 32.9 Å². The summed E-state index contributed by atoms with van der Waals surface area (Å²) in [4.78, 5) is 14.2. The van der Waals surface area contributed by atoms with Crippen molar-refractivity contribution in [3.05, 3.63) is 29.8 Å². The van der Waals surface area contributed by atoms with Gasteiger partial charge in [0, 0.05) is 11.6 Å². The van der Waals surface area contributed by atoms with Crippen LogP contribution in [0.2, 0.25) is 0 Å². The predicted molar refractivity (Wildman–Crippen MR) is 91.0 cm³/mol. The summed E-state index contributed by atoms with van der Waals surface area (Å²) < 4.78 is 5.38. The number of amides is 1. The molecule has 2 atom stereocenters. The molecule has 0 aliphatic rings. The number of hydrogen-bond donors (Lipinski definition) is 1. The molecule has 0 fully saturated rings. The molecule has 1 amide bonds. The SMILES string of the molecule is COc1ccccc1[C@@H](C)N(C)CC(=O)N[C@@](C)(C#N)C(C)C. The van der Waals surface area contributed by atoms with Crippen LogP contribution in [0.1, 0.15) is 39.3 Å². The van der Waals surface area contributed by atoms with E-state index >= 15 is 0 Å². The highest BCUT2D eigenvalue weighted by atomic mass is 16.5. The molecule has 0 saturated heterocycles. The molecule has 1 aromatic carbocycles. The maximum atomic E-state index is 12.3. The Kier molecular flexibility index (Phi) is 6.59. The zero-order valence-electron chi connectivity index (χ0n) is 14.9. The molecule has 0 aliphatic carbocycles. The topological polar surface area (TPSA) is 65.4 Å². The van der Waals surface area contributed by atoms with Crippen LogP contribution in [0.5, 0.6) is 5.75 Å². The average molecular weight is 317 g/mol. The summed E-state index contributed by atoms with van der Waals surface area (Å²) in [6.45, 7) is 7.83. The van der Waals surface area contributed by atoms with Crippen LogP contribution in [0.15, 0.2) is 24.3 Å². The summed E-state index contributed by atoms with van der Waals surface area (Å²) in [5.41, 5.74) is 0.170. The lowest BCUT2D eigenvalue weighted by molar-refractivity contribution is -0.124. The van der Waals surface area contributed by atoms with E-state index < -0.39 is 5.54 Å². The van der Waals surface area contributed by atoms with Crippen molar-refractivity contribution in [2.45, 2.75) is 39.3 Å². The van der Waals surface area contributed by atoms with Gasteiger partial charge in [0.2, 0.25) is 5.91 Å². The lowest BCUT2D eigenvalue weighted by Crippen LogP contribution is -2.51. The van der Waals surface area contributed by atoms with Crippen LogP contribution in [0.3, 0.4) is 0 Å². The number of carbonyl (C=O) groups is 1. The molecule has 0 bridgehead atoms. The summed E-state index contributed by atoms with van der Waals surface area (Å²) in [5, 5.41) is 12.1. The second-order valence-corrected chi connectivity index (χ2v) is 6.35. The van der Waals surface area contributed by atoms with Gasteiger partial charge in [-0.15, -0.1) is 0 Å². The minimum atomic E-state index is -0.856. The third-order valence-electron chi connectivity index (χ3n) is 4.43. The fourth-order valence-electron chi connectivity index (χ4n) is 2.24. The molecule has 0 aromatic heterocycles. The van der Waals surface area contributed by atoms with E-state index in [-0.39, 0.29) is 24.4 Å². The zero-order valence-corrected chi connectivity index (χ0v) is 14.9. The van der Waals surface area contributed by atoms with Crippen molar-refractivity contribution >= 4 is 5.91 Å². The van der Waals surface area contributed by atoms with Crippen LogP contribution >= 0.6 is 0 Å². The molecule has 126 valence electrons. The number of benzene rings is 1. The van der Waals surface area contributed by atoms with E-state index in [9.17, 15) is 10.1 Å². The van der Waals surface area contributed by atoms with Gasteiger partial charge < -0.3 is 10.1 Å². The lowest BCUT2D eigenvalue weighted by Gasteiger charge is -2.30. The Labute approximate surface area is 139 Å². The van der Waals surface area contributed by atoms with Crippen LogP contribution in [-0.2, 0) is 4.79 Å². The highest BCUT2D eigenvalue weighted by molar-refractivity contribution is 5.79. The normalized spacial score (nSPS) is 14.9. The third-order valence-corrected chi connectivity index (χ3v) is 4.43. The van der Waals surface area contributed by atoms with Crippen LogP contribution in [0.25, 0.3) is 0 Å². The van der Waals surface area contributed by atoms with E-state index in [1.54, 1.807) is 14.0 Å². The molecule has 23 heavy (non-hydrogen) atoms. The lowest BCUT2D eigenvalue weighted by atomic mass is 9.90. The van der Waals surface area contributed by atoms with Gasteiger partial charge in [0.25, 0.3) is 0 Å². The molecule has 1 aromatic rings. The number of nitrogens with one attached hydrogen (secondary N) is 1. The third kappa shape index (κ3) is 4.70. The molecular formula is C18H27N3O2. The van der Waals surface area contributed by atoms with Gasteiger partial charge in [-0.1, -0.05) is 32.0 Å². The standard InChI is InChI=1S/C18H27N3O2/c1-13(2)18(4,12-19)20-17(22)11-21(5)14(3)15-9-7-8-10-16(15)23-6/h7-10,13-14H,11H2,1-6H3,(H,20,22)/t14-,18+/m1/s1. The number of methoxy groups -OCH3 is 1. The summed E-state index contributed by atoms with van der Waals surface area (Å²) in [6.07, 6.45) is 0. The summed E-state index contributed by atoms with van der Waals surface area (Å²) in [6, 6.07) is 9.98. The van der Waals surface area contributed by atoms with E-state index in [2.05, 4.69) is 11.4 Å². The Morgan fingerprint density at radius 1 is 1.39 bits per heavy atom. The van der Waals surface area contributed by atoms with Crippen LogP contribution in [0.4, 0.5) is 0 Å². The number of rotatable bonds is 7. The van der Waals surface area contributed by atoms with Crippen LogP contribution in [-0.4, -0.2) is 37.0 Å². The van der Waals surface area contributed by atoms with Gasteiger partial charge in [0.15, 0.2) is 0 Å². The largest absolute Gasteiger partial charge is 0.496 e. The Morgan fingerprint density at radius 3 is 2.52 bits per heavy atom. The fourth-order valence-corrected chi connectivity index (χ4v) is 2.24. The molecule has 5 heteroatoms. The number of nitrogens with zero attached hydrogens (tertiary/aromatic N) is 2. The molecule has 1 rings (SSSR count). The van der Waals surface area contributed by atoms with E-state index in [4.69, 9.17) is 4.74 Å². The van der Waals surface area contributed by atoms with Gasteiger partial charge in [-0.25, -0.2) is 0 Å². The van der Waals surface area contributed by atoms with Crippen molar-refractivity contribution in [3.8, 4) is 11.8 Å². The van der Waals surface area contributed by atoms with Crippen molar-refractivity contribution < 1.29 is 9.53 Å². The van der Waals surface area contributed by atoms with Gasteiger partial charge >= 0.3 is 0 Å². The molecule has 0 aliphatic heterocycles. The molecule has 0 spiro atoms. The first kappa shape index (κ1) is 19.0. The van der Waals surface area contributed by atoms with E-state index in [1.165, 1.54) is 0 Å². The maximum absolute atomic E-state index is 12.3.